The van der Waals surface area contributed by atoms with Crippen molar-refractivity contribution in [3.8, 4) is 0 Å². The maximum Gasteiger partial charge on any atom is 0.294 e. The van der Waals surface area contributed by atoms with Gasteiger partial charge in [-0.1, -0.05) is 12.1 Å². The lowest BCUT2D eigenvalue weighted by Gasteiger charge is -2.00. The summed E-state index contributed by atoms with van der Waals surface area (Å²) in [7, 11) is 0. The number of halogens is 1. The number of benzene rings is 1. The second kappa shape index (κ2) is 3.49. The van der Waals surface area contributed by atoms with Crippen LogP contribution < -0.4 is 11.3 Å². The second-order valence-electron chi connectivity index (χ2n) is 2.86. The summed E-state index contributed by atoms with van der Waals surface area (Å²) >= 11 is 0. The van der Waals surface area contributed by atoms with Crippen LogP contribution in [-0.2, 0) is 4.79 Å². The first-order valence-electron chi connectivity index (χ1n) is 4.15. The summed E-state index contributed by atoms with van der Waals surface area (Å²) < 4.78 is 13.4. The number of amides is 1. The van der Waals surface area contributed by atoms with Crippen LogP contribution in [0.2, 0.25) is 0 Å². The molecule has 3 N–H and O–H groups in total. The summed E-state index contributed by atoms with van der Waals surface area (Å²) in [5, 5.41) is 6.94. The molecule has 2 rings (SSSR count). The van der Waals surface area contributed by atoms with Crippen molar-refractivity contribution >= 4 is 17.3 Å². The lowest BCUT2D eigenvalue weighted by Crippen LogP contribution is -2.25. The molecule has 1 aliphatic heterocycles. The summed E-state index contributed by atoms with van der Waals surface area (Å²) in [6.45, 7) is 0. The molecule has 0 bridgehead atoms. The molecule has 0 aliphatic carbocycles. The third kappa shape index (κ3) is 1.45. The molecule has 5 nitrogen and oxygen atoms in total. The van der Waals surface area contributed by atoms with E-state index in [-0.39, 0.29) is 17.0 Å². The van der Waals surface area contributed by atoms with E-state index in [1.165, 1.54) is 12.1 Å². The highest BCUT2D eigenvalue weighted by Crippen LogP contribution is 2.11. The van der Waals surface area contributed by atoms with Gasteiger partial charge in [-0.25, -0.2) is 9.82 Å². The zero-order chi connectivity index (χ0) is 10.8. The quantitative estimate of drug-likeness (QED) is 0.500. The van der Waals surface area contributed by atoms with Crippen molar-refractivity contribution in [1.29, 1.82) is 0 Å². The molecular formula is C9H7FN4O. The van der Waals surface area contributed by atoms with E-state index in [0.717, 1.165) is 0 Å². The Balaban J connectivity index is 2.50. The molecule has 0 saturated heterocycles. The van der Waals surface area contributed by atoms with Gasteiger partial charge in [0.15, 0.2) is 5.71 Å². The third-order valence-electron chi connectivity index (χ3n) is 1.97. The molecule has 6 heteroatoms. The topological polar surface area (TPSA) is 79.8 Å². The Kier molecular flexibility index (Phi) is 2.17. The highest BCUT2D eigenvalue weighted by atomic mass is 19.1. The molecule has 0 aromatic heterocycles. The van der Waals surface area contributed by atoms with E-state index in [0.29, 0.717) is 0 Å². The van der Waals surface area contributed by atoms with Gasteiger partial charge in [-0.2, -0.15) is 10.2 Å². The molecule has 0 unspecified atom stereocenters. The van der Waals surface area contributed by atoms with Crippen LogP contribution in [0.25, 0.3) is 0 Å². The maximum absolute atomic E-state index is 13.4. The summed E-state index contributed by atoms with van der Waals surface area (Å²) in [4.78, 5) is 11.1. The number of hydrazone groups is 2. The first kappa shape index (κ1) is 9.32. The van der Waals surface area contributed by atoms with E-state index in [1.807, 2.05) is 0 Å². The van der Waals surface area contributed by atoms with Crippen molar-refractivity contribution in [2.45, 2.75) is 0 Å². The van der Waals surface area contributed by atoms with Crippen molar-refractivity contribution < 1.29 is 9.18 Å². The number of carbonyl (C=O) groups is 1. The van der Waals surface area contributed by atoms with Crippen LogP contribution in [0.1, 0.15) is 5.56 Å². The minimum absolute atomic E-state index is 0.0694. The largest absolute Gasteiger partial charge is 0.322 e. The molecule has 0 spiro atoms. The minimum Gasteiger partial charge on any atom is -0.322 e. The van der Waals surface area contributed by atoms with Crippen molar-refractivity contribution in [3.63, 3.8) is 0 Å². The van der Waals surface area contributed by atoms with Gasteiger partial charge < -0.3 is 5.84 Å². The molecule has 1 aromatic carbocycles. The third-order valence-corrected chi connectivity index (χ3v) is 1.97. The molecule has 0 fully saturated rings. The molecule has 1 amide bonds. The van der Waals surface area contributed by atoms with E-state index < -0.39 is 11.7 Å². The normalized spacial score (nSPS) is 17.8. The summed E-state index contributed by atoms with van der Waals surface area (Å²) in [5.41, 5.74) is 2.42. The fourth-order valence-electron chi connectivity index (χ4n) is 1.28. The minimum atomic E-state index is -0.532. The lowest BCUT2D eigenvalue weighted by molar-refractivity contribution is -0.114. The van der Waals surface area contributed by atoms with Crippen LogP contribution in [0.15, 0.2) is 34.5 Å². The van der Waals surface area contributed by atoms with Crippen LogP contribution >= 0.6 is 0 Å². The molecule has 1 aromatic rings. The molecule has 15 heavy (non-hydrogen) atoms. The highest BCUT2D eigenvalue weighted by molar-refractivity contribution is 6.71. The standard InChI is InChI=1S/C9H7FN4O/c10-6-4-2-1-3-5(6)7-8(12-11)9(15)14-13-7/h1-4H,11H2,(H,12,14,15). The molecule has 0 radical (unpaired) electrons. The van der Waals surface area contributed by atoms with Gasteiger partial charge in [0.2, 0.25) is 0 Å². The zero-order valence-electron chi connectivity index (χ0n) is 7.57. The van der Waals surface area contributed by atoms with Gasteiger partial charge in [-0.3, -0.25) is 4.79 Å². The van der Waals surface area contributed by atoms with Crippen LogP contribution in [-0.4, -0.2) is 17.3 Å². The molecular weight excluding hydrogens is 199 g/mol. The van der Waals surface area contributed by atoms with Gasteiger partial charge >= 0.3 is 0 Å². The molecule has 76 valence electrons. The Bertz CT molecular complexity index is 481. The SMILES string of the molecule is NN=C1C(=O)NN=C1c1ccccc1F. The fourth-order valence-corrected chi connectivity index (χ4v) is 1.28. The number of nitrogens with zero attached hydrogens (tertiary/aromatic N) is 2. The number of nitrogens with one attached hydrogen (secondary N) is 1. The average molecular weight is 206 g/mol. The van der Waals surface area contributed by atoms with Crippen molar-refractivity contribution in [2.75, 3.05) is 0 Å². The number of carbonyl (C=O) groups excluding carboxylic acids is 1. The van der Waals surface area contributed by atoms with Crippen LogP contribution in [0.4, 0.5) is 4.39 Å². The van der Waals surface area contributed by atoms with Crippen LogP contribution in [0.3, 0.4) is 0 Å². The van der Waals surface area contributed by atoms with E-state index >= 15 is 0 Å². The fraction of sp³-hybridized carbons (Fsp3) is 0. The van der Waals surface area contributed by atoms with Crippen molar-refractivity contribution in [3.05, 3.63) is 35.6 Å². The van der Waals surface area contributed by atoms with Gasteiger partial charge in [-0.05, 0) is 12.1 Å². The van der Waals surface area contributed by atoms with E-state index in [1.54, 1.807) is 12.1 Å². The van der Waals surface area contributed by atoms with Crippen LogP contribution in [0, 0.1) is 5.82 Å². The Morgan fingerprint density at radius 1 is 1.40 bits per heavy atom. The number of hydrogen-bond acceptors (Lipinski definition) is 4. The Labute approximate surface area is 84.5 Å². The van der Waals surface area contributed by atoms with Gasteiger partial charge in [-0.15, -0.1) is 0 Å². The van der Waals surface area contributed by atoms with Crippen molar-refractivity contribution in [2.24, 2.45) is 16.0 Å². The van der Waals surface area contributed by atoms with Gasteiger partial charge in [0.05, 0.1) is 0 Å². The summed E-state index contributed by atoms with van der Waals surface area (Å²) in [6, 6.07) is 5.95. The zero-order valence-corrected chi connectivity index (χ0v) is 7.57. The molecule has 1 heterocycles. The van der Waals surface area contributed by atoms with E-state index in [2.05, 4.69) is 15.6 Å². The van der Waals surface area contributed by atoms with Gasteiger partial charge in [0.25, 0.3) is 5.91 Å². The average Bonchev–Trinajstić information content (AvgIpc) is 2.60. The number of hydrogen-bond donors (Lipinski definition) is 2. The first-order valence-corrected chi connectivity index (χ1v) is 4.15. The predicted octanol–water partition coefficient (Wildman–Crippen LogP) is -0.0257. The lowest BCUT2D eigenvalue weighted by atomic mass is 10.1. The molecule has 0 saturated carbocycles. The summed E-state index contributed by atoms with van der Waals surface area (Å²) in [6.07, 6.45) is 0. The molecule has 1 aliphatic rings. The maximum atomic E-state index is 13.4. The van der Waals surface area contributed by atoms with E-state index in [4.69, 9.17) is 5.84 Å². The van der Waals surface area contributed by atoms with Crippen LogP contribution in [0.5, 0.6) is 0 Å². The second-order valence-corrected chi connectivity index (χ2v) is 2.86. The number of rotatable bonds is 1. The highest BCUT2D eigenvalue weighted by Gasteiger charge is 2.27. The molecule has 0 atom stereocenters. The first-order chi connectivity index (χ1) is 7.24. The monoisotopic (exact) mass is 206 g/mol. The van der Waals surface area contributed by atoms with Gasteiger partial charge in [0, 0.05) is 5.56 Å². The van der Waals surface area contributed by atoms with E-state index in [9.17, 15) is 9.18 Å². The number of nitrogens with two attached hydrogens (primary N) is 1. The van der Waals surface area contributed by atoms with Crippen molar-refractivity contribution in [1.82, 2.24) is 5.43 Å². The Morgan fingerprint density at radius 2 is 2.13 bits per heavy atom. The Hall–Kier alpha value is -2.24. The van der Waals surface area contributed by atoms with Gasteiger partial charge in [0.1, 0.15) is 11.5 Å². The predicted molar refractivity (Wildman–Crippen MR) is 52.7 cm³/mol. The summed E-state index contributed by atoms with van der Waals surface area (Å²) in [5.74, 6) is 4.02. The Morgan fingerprint density at radius 3 is 2.80 bits per heavy atom. The smallest absolute Gasteiger partial charge is 0.294 e.